The lowest BCUT2D eigenvalue weighted by Crippen LogP contribution is -2.49. The van der Waals surface area contributed by atoms with Gasteiger partial charge in [-0.05, 0) is 50.1 Å². The first kappa shape index (κ1) is 20.9. The van der Waals surface area contributed by atoms with Crippen LogP contribution in [-0.2, 0) is 11.3 Å². The number of rotatable bonds is 5. The van der Waals surface area contributed by atoms with Crippen molar-refractivity contribution < 1.29 is 4.79 Å². The van der Waals surface area contributed by atoms with Gasteiger partial charge in [-0.2, -0.15) is 5.26 Å². The van der Waals surface area contributed by atoms with Gasteiger partial charge in [0.15, 0.2) is 0 Å². The monoisotopic (exact) mass is 411 g/mol. The summed E-state index contributed by atoms with van der Waals surface area (Å²) in [6.45, 7) is 9.60. The van der Waals surface area contributed by atoms with Crippen LogP contribution in [0.5, 0.6) is 0 Å². The Morgan fingerprint density at radius 3 is 2.59 bits per heavy atom. The maximum Gasteiger partial charge on any atom is 0.264 e. The first-order chi connectivity index (χ1) is 13.9. The van der Waals surface area contributed by atoms with Crippen LogP contribution in [0.1, 0.15) is 30.3 Å². The molecule has 1 fully saturated rings. The Morgan fingerprint density at radius 1 is 1.28 bits per heavy atom. The first-order valence-corrected chi connectivity index (χ1v) is 10.3. The van der Waals surface area contributed by atoms with E-state index in [-0.39, 0.29) is 11.5 Å². The fourth-order valence-corrected chi connectivity index (χ4v) is 3.81. The molecular formula is C22H26ClN5O. The van der Waals surface area contributed by atoms with Crippen molar-refractivity contribution in [3.63, 3.8) is 0 Å². The van der Waals surface area contributed by atoms with Crippen molar-refractivity contribution in [1.29, 1.82) is 5.26 Å². The summed E-state index contributed by atoms with van der Waals surface area (Å²) in [5, 5.41) is 10.2. The summed E-state index contributed by atoms with van der Waals surface area (Å²) < 4.78 is 2.23. The van der Waals surface area contributed by atoms with Crippen molar-refractivity contribution >= 4 is 29.4 Å². The van der Waals surface area contributed by atoms with Gasteiger partial charge in [0.25, 0.3) is 5.91 Å². The number of pyridine rings is 1. The molecule has 6 nitrogen and oxygen atoms in total. The highest BCUT2D eigenvalue weighted by atomic mass is 35.5. The molecule has 0 aliphatic carbocycles. The van der Waals surface area contributed by atoms with E-state index in [0.29, 0.717) is 31.2 Å². The van der Waals surface area contributed by atoms with E-state index in [1.54, 1.807) is 17.2 Å². The molecule has 0 aromatic carbocycles. The SMILES string of the molecule is CCCn1c(C)cc(/C=C(\C#N)C(=O)N2CCN(c3ccc(Cl)cn3)CC2)c1C. The summed E-state index contributed by atoms with van der Waals surface area (Å²) in [5.74, 6) is 0.637. The van der Waals surface area contributed by atoms with E-state index in [1.165, 1.54) is 0 Å². The Bertz CT molecular complexity index is 947. The third-order valence-electron chi connectivity index (χ3n) is 5.31. The zero-order valence-electron chi connectivity index (χ0n) is 17.2. The number of halogens is 1. The standard InChI is InChI=1S/C22H26ClN5O/c1-4-7-28-16(2)12-18(17(28)3)13-19(14-24)22(29)27-10-8-26(9-11-27)21-6-5-20(23)15-25-21/h5-6,12-13,15H,4,7-11H2,1-3H3/b19-13+. The van der Waals surface area contributed by atoms with Crippen molar-refractivity contribution in [1.82, 2.24) is 14.5 Å². The van der Waals surface area contributed by atoms with Gasteiger partial charge in [-0.1, -0.05) is 18.5 Å². The van der Waals surface area contributed by atoms with Crippen LogP contribution in [0, 0.1) is 25.2 Å². The molecule has 3 rings (SSSR count). The largest absolute Gasteiger partial charge is 0.353 e. The van der Waals surface area contributed by atoms with Crippen molar-refractivity contribution in [3.05, 3.63) is 51.9 Å². The van der Waals surface area contributed by atoms with Gasteiger partial charge in [0.05, 0.1) is 5.02 Å². The number of carbonyl (C=O) groups excluding carboxylic acids is 1. The predicted molar refractivity (Wildman–Crippen MR) is 116 cm³/mol. The lowest BCUT2D eigenvalue weighted by atomic mass is 10.1. The van der Waals surface area contributed by atoms with Crippen LogP contribution >= 0.6 is 11.6 Å². The normalized spacial score (nSPS) is 14.8. The Balaban J connectivity index is 1.71. The number of nitriles is 1. The molecule has 0 bridgehead atoms. The smallest absolute Gasteiger partial charge is 0.264 e. The van der Waals surface area contributed by atoms with Crippen LogP contribution in [-0.4, -0.2) is 46.5 Å². The first-order valence-electron chi connectivity index (χ1n) is 9.89. The third-order valence-corrected chi connectivity index (χ3v) is 5.54. The lowest BCUT2D eigenvalue weighted by molar-refractivity contribution is -0.126. The Hall–Kier alpha value is -2.78. The Morgan fingerprint density at radius 2 is 2.00 bits per heavy atom. The van der Waals surface area contributed by atoms with E-state index >= 15 is 0 Å². The summed E-state index contributed by atoms with van der Waals surface area (Å²) in [6, 6.07) is 7.84. The maximum atomic E-state index is 12.9. The molecule has 2 aromatic rings. The van der Waals surface area contributed by atoms with Crippen LogP contribution in [0.2, 0.25) is 5.02 Å². The molecule has 152 valence electrons. The number of amides is 1. The molecule has 0 unspecified atom stereocenters. The second-order valence-corrected chi connectivity index (χ2v) is 7.70. The van der Waals surface area contributed by atoms with Gasteiger partial charge in [-0.25, -0.2) is 4.98 Å². The fourth-order valence-electron chi connectivity index (χ4n) is 3.70. The molecule has 2 aromatic heterocycles. The van der Waals surface area contributed by atoms with Crippen molar-refractivity contribution in [2.24, 2.45) is 0 Å². The number of nitrogens with zero attached hydrogens (tertiary/aromatic N) is 5. The van der Waals surface area contributed by atoms with E-state index < -0.39 is 0 Å². The number of anilines is 1. The van der Waals surface area contributed by atoms with Gasteiger partial charge in [0.1, 0.15) is 17.5 Å². The van der Waals surface area contributed by atoms with Gasteiger partial charge in [0, 0.05) is 50.3 Å². The molecule has 3 heterocycles. The maximum absolute atomic E-state index is 12.9. The number of hydrogen-bond donors (Lipinski definition) is 0. The van der Waals surface area contributed by atoms with Crippen molar-refractivity contribution in [3.8, 4) is 6.07 Å². The topological polar surface area (TPSA) is 65.2 Å². The molecule has 1 amide bonds. The van der Waals surface area contributed by atoms with E-state index in [4.69, 9.17) is 11.6 Å². The van der Waals surface area contributed by atoms with Gasteiger partial charge in [-0.3, -0.25) is 4.79 Å². The van der Waals surface area contributed by atoms with Gasteiger partial charge < -0.3 is 14.4 Å². The molecule has 0 radical (unpaired) electrons. The van der Waals surface area contributed by atoms with Crippen LogP contribution < -0.4 is 4.90 Å². The Labute approximate surface area is 177 Å². The van der Waals surface area contributed by atoms with Crippen molar-refractivity contribution in [2.45, 2.75) is 33.7 Å². The van der Waals surface area contributed by atoms with Gasteiger partial charge >= 0.3 is 0 Å². The highest BCUT2D eigenvalue weighted by Crippen LogP contribution is 2.21. The molecule has 0 N–H and O–H groups in total. The summed E-state index contributed by atoms with van der Waals surface area (Å²) in [7, 11) is 0. The number of aryl methyl sites for hydroxylation is 1. The number of piperazine rings is 1. The van der Waals surface area contributed by atoms with Crippen LogP contribution in [0.3, 0.4) is 0 Å². The second-order valence-electron chi connectivity index (χ2n) is 7.26. The minimum absolute atomic E-state index is 0.180. The van der Waals surface area contributed by atoms with E-state index in [1.807, 2.05) is 25.1 Å². The second kappa shape index (κ2) is 9.15. The summed E-state index contributed by atoms with van der Waals surface area (Å²) in [6.07, 6.45) is 4.39. The number of carbonyl (C=O) groups is 1. The zero-order chi connectivity index (χ0) is 21.0. The minimum atomic E-state index is -0.212. The number of hydrogen-bond acceptors (Lipinski definition) is 4. The molecular weight excluding hydrogens is 386 g/mol. The van der Waals surface area contributed by atoms with E-state index in [0.717, 1.165) is 35.7 Å². The average molecular weight is 412 g/mol. The quantitative estimate of drug-likeness (QED) is 0.554. The van der Waals surface area contributed by atoms with Gasteiger partial charge in [-0.15, -0.1) is 0 Å². The molecule has 0 saturated carbocycles. The number of aromatic nitrogens is 2. The van der Waals surface area contributed by atoms with E-state index in [9.17, 15) is 10.1 Å². The third kappa shape index (κ3) is 4.63. The molecule has 0 atom stereocenters. The summed E-state index contributed by atoms with van der Waals surface area (Å²) >= 11 is 5.90. The molecule has 7 heteroatoms. The lowest BCUT2D eigenvalue weighted by Gasteiger charge is -2.35. The van der Waals surface area contributed by atoms with Crippen LogP contribution in [0.25, 0.3) is 6.08 Å². The minimum Gasteiger partial charge on any atom is -0.353 e. The van der Waals surface area contributed by atoms with Crippen molar-refractivity contribution in [2.75, 3.05) is 31.1 Å². The molecule has 1 aliphatic rings. The summed E-state index contributed by atoms with van der Waals surface area (Å²) in [4.78, 5) is 21.1. The highest BCUT2D eigenvalue weighted by molar-refractivity contribution is 6.30. The predicted octanol–water partition coefficient (Wildman–Crippen LogP) is 3.82. The van der Waals surface area contributed by atoms with Crippen LogP contribution in [0.4, 0.5) is 5.82 Å². The van der Waals surface area contributed by atoms with Gasteiger partial charge in [0.2, 0.25) is 0 Å². The fraction of sp³-hybridized carbons (Fsp3) is 0.409. The molecule has 1 saturated heterocycles. The average Bonchev–Trinajstić information content (AvgIpc) is 3.00. The zero-order valence-corrected chi connectivity index (χ0v) is 17.9. The molecule has 0 spiro atoms. The van der Waals surface area contributed by atoms with Crippen LogP contribution in [0.15, 0.2) is 30.0 Å². The summed E-state index contributed by atoms with van der Waals surface area (Å²) in [5.41, 5.74) is 3.35. The molecule has 1 aliphatic heterocycles. The van der Waals surface area contributed by atoms with E-state index in [2.05, 4.69) is 34.4 Å². The highest BCUT2D eigenvalue weighted by Gasteiger charge is 2.24. The Kier molecular flexibility index (Phi) is 6.60. The molecule has 29 heavy (non-hydrogen) atoms.